The lowest BCUT2D eigenvalue weighted by Gasteiger charge is -2.38. The van der Waals surface area contributed by atoms with E-state index in [1.54, 1.807) is 0 Å². The van der Waals surface area contributed by atoms with Crippen molar-refractivity contribution in [1.82, 2.24) is 4.90 Å². The largest absolute Gasteiger partial charge is 0.389 e. The van der Waals surface area contributed by atoms with Crippen molar-refractivity contribution in [2.24, 2.45) is 5.92 Å². The smallest absolute Gasteiger partial charge is 0.0769 e. The number of hydrogen-bond donors (Lipinski definition) is 1. The van der Waals surface area contributed by atoms with Crippen LogP contribution in [0, 0.1) is 5.92 Å². The summed E-state index contributed by atoms with van der Waals surface area (Å²) in [6.45, 7) is 15.1. The van der Waals surface area contributed by atoms with Gasteiger partial charge in [-0.1, -0.05) is 41.5 Å². The Balaban J connectivity index is 4.67. The molecule has 0 aliphatic rings. The molecule has 0 aromatic carbocycles. The van der Waals surface area contributed by atoms with Gasteiger partial charge < -0.3 is 5.11 Å². The molecule has 0 spiro atoms. The Morgan fingerprint density at radius 2 is 1.47 bits per heavy atom. The molecule has 0 amide bonds. The maximum absolute atomic E-state index is 10.5. The second-order valence-corrected chi connectivity index (χ2v) is 5.73. The molecule has 104 valence electrons. The monoisotopic (exact) mass is 243 g/mol. The van der Waals surface area contributed by atoms with E-state index in [-0.39, 0.29) is 0 Å². The Labute approximate surface area is 108 Å². The molecule has 0 aliphatic carbocycles. The molecule has 2 nitrogen and oxygen atoms in total. The molecule has 0 unspecified atom stereocenters. The van der Waals surface area contributed by atoms with Crippen LogP contribution >= 0.6 is 0 Å². The van der Waals surface area contributed by atoms with Crippen molar-refractivity contribution in [3.05, 3.63) is 0 Å². The molecule has 0 saturated carbocycles. The van der Waals surface area contributed by atoms with Gasteiger partial charge in [0, 0.05) is 19.1 Å². The highest BCUT2D eigenvalue weighted by atomic mass is 16.3. The Hall–Kier alpha value is -0.0800. The van der Waals surface area contributed by atoms with Gasteiger partial charge in [-0.3, -0.25) is 4.90 Å². The predicted octanol–water partition coefficient (Wildman–Crippen LogP) is 3.68. The second kappa shape index (κ2) is 8.10. The van der Waals surface area contributed by atoms with Crippen LogP contribution in [0.5, 0.6) is 0 Å². The molecule has 0 aromatic rings. The summed E-state index contributed by atoms with van der Waals surface area (Å²) in [5.41, 5.74) is -0.502. The number of rotatable bonds is 9. The van der Waals surface area contributed by atoms with E-state index < -0.39 is 5.60 Å². The van der Waals surface area contributed by atoms with E-state index in [9.17, 15) is 5.11 Å². The van der Waals surface area contributed by atoms with Gasteiger partial charge in [0.2, 0.25) is 0 Å². The highest BCUT2D eigenvalue weighted by molar-refractivity contribution is 4.83. The molecule has 0 radical (unpaired) electrons. The Morgan fingerprint density at radius 1 is 1.00 bits per heavy atom. The molecular formula is C15H33NO. The summed E-state index contributed by atoms with van der Waals surface area (Å²) in [6, 6.07) is 0.613. The lowest BCUT2D eigenvalue weighted by atomic mass is 9.94. The number of hydrogen-bond acceptors (Lipinski definition) is 2. The van der Waals surface area contributed by atoms with Crippen LogP contribution in [0.1, 0.15) is 67.2 Å². The maximum atomic E-state index is 10.5. The summed E-state index contributed by atoms with van der Waals surface area (Å²) in [5, 5.41) is 10.5. The zero-order chi connectivity index (χ0) is 13.5. The van der Waals surface area contributed by atoms with Crippen LogP contribution in [0.4, 0.5) is 0 Å². The molecule has 0 rings (SSSR count). The van der Waals surface area contributed by atoms with E-state index in [4.69, 9.17) is 0 Å². The van der Waals surface area contributed by atoms with Crippen molar-refractivity contribution in [2.75, 3.05) is 13.1 Å². The maximum Gasteiger partial charge on any atom is 0.0769 e. The second-order valence-electron chi connectivity index (χ2n) is 5.73. The van der Waals surface area contributed by atoms with E-state index in [0.717, 1.165) is 25.9 Å². The quantitative estimate of drug-likeness (QED) is 0.667. The molecule has 17 heavy (non-hydrogen) atoms. The van der Waals surface area contributed by atoms with Crippen LogP contribution < -0.4 is 0 Å². The summed E-state index contributed by atoms with van der Waals surface area (Å²) in [4.78, 5) is 2.50. The summed E-state index contributed by atoms with van der Waals surface area (Å²) in [6.07, 6.45) is 4.04. The van der Waals surface area contributed by atoms with Crippen LogP contribution in [0.2, 0.25) is 0 Å². The predicted molar refractivity (Wildman–Crippen MR) is 76.3 cm³/mol. The molecule has 2 heteroatoms. The van der Waals surface area contributed by atoms with E-state index in [0.29, 0.717) is 12.0 Å². The SMILES string of the molecule is CCC(CC)N(CC(C)C)CC(O)(CC)CC. The number of aliphatic hydroxyl groups is 1. The minimum Gasteiger partial charge on any atom is -0.389 e. The molecule has 0 heterocycles. The van der Waals surface area contributed by atoms with Crippen molar-refractivity contribution in [3.8, 4) is 0 Å². The van der Waals surface area contributed by atoms with E-state index in [1.165, 1.54) is 12.8 Å². The van der Waals surface area contributed by atoms with Crippen molar-refractivity contribution >= 4 is 0 Å². The third kappa shape index (κ3) is 5.87. The fourth-order valence-corrected chi connectivity index (χ4v) is 2.47. The van der Waals surface area contributed by atoms with Gasteiger partial charge in [-0.15, -0.1) is 0 Å². The molecule has 0 fully saturated rings. The van der Waals surface area contributed by atoms with Crippen molar-refractivity contribution in [2.45, 2.75) is 78.9 Å². The van der Waals surface area contributed by atoms with Crippen LogP contribution in [0.15, 0.2) is 0 Å². The minimum atomic E-state index is -0.502. The summed E-state index contributed by atoms with van der Waals surface area (Å²) in [7, 11) is 0. The van der Waals surface area contributed by atoms with E-state index >= 15 is 0 Å². The van der Waals surface area contributed by atoms with Crippen molar-refractivity contribution in [1.29, 1.82) is 0 Å². The average molecular weight is 243 g/mol. The summed E-state index contributed by atoms with van der Waals surface area (Å²) < 4.78 is 0. The van der Waals surface area contributed by atoms with Crippen LogP contribution in [0.3, 0.4) is 0 Å². The van der Waals surface area contributed by atoms with Gasteiger partial charge in [-0.05, 0) is 31.6 Å². The first-order chi connectivity index (χ1) is 7.92. The fourth-order valence-electron chi connectivity index (χ4n) is 2.47. The minimum absolute atomic E-state index is 0.502. The topological polar surface area (TPSA) is 23.5 Å². The van der Waals surface area contributed by atoms with Crippen LogP contribution in [-0.4, -0.2) is 34.7 Å². The van der Waals surface area contributed by atoms with Gasteiger partial charge in [-0.25, -0.2) is 0 Å². The summed E-state index contributed by atoms with van der Waals surface area (Å²) in [5.74, 6) is 0.661. The molecule has 0 aromatic heterocycles. The lowest BCUT2D eigenvalue weighted by Crippen LogP contribution is -2.48. The first-order valence-electron chi connectivity index (χ1n) is 7.38. The van der Waals surface area contributed by atoms with Crippen LogP contribution in [-0.2, 0) is 0 Å². The molecule has 0 bridgehead atoms. The Kier molecular flexibility index (Phi) is 8.06. The highest BCUT2D eigenvalue weighted by Gasteiger charge is 2.28. The van der Waals surface area contributed by atoms with Gasteiger partial charge in [0.25, 0.3) is 0 Å². The first kappa shape index (κ1) is 16.9. The molecule has 0 saturated heterocycles. The number of nitrogens with zero attached hydrogens (tertiary/aromatic N) is 1. The fraction of sp³-hybridized carbons (Fsp3) is 1.00. The van der Waals surface area contributed by atoms with Gasteiger partial charge in [0.15, 0.2) is 0 Å². The van der Waals surface area contributed by atoms with Gasteiger partial charge >= 0.3 is 0 Å². The zero-order valence-corrected chi connectivity index (χ0v) is 12.8. The van der Waals surface area contributed by atoms with Gasteiger partial charge in [0.1, 0.15) is 0 Å². The lowest BCUT2D eigenvalue weighted by molar-refractivity contribution is -0.0195. The van der Waals surface area contributed by atoms with E-state index in [2.05, 4.69) is 46.4 Å². The Morgan fingerprint density at radius 3 is 1.76 bits per heavy atom. The van der Waals surface area contributed by atoms with Crippen molar-refractivity contribution in [3.63, 3.8) is 0 Å². The molecular weight excluding hydrogens is 210 g/mol. The molecule has 1 N–H and O–H groups in total. The third-order valence-electron chi connectivity index (χ3n) is 3.87. The normalized spacial score (nSPS) is 13.1. The molecule has 0 aliphatic heterocycles. The highest BCUT2D eigenvalue weighted by Crippen LogP contribution is 2.21. The summed E-state index contributed by atoms with van der Waals surface area (Å²) >= 11 is 0. The van der Waals surface area contributed by atoms with Crippen LogP contribution in [0.25, 0.3) is 0 Å². The van der Waals surface area contributed by atoms with Crippen molar-refractivity contribution < 1.29 is 5.11 Å². The third-order valence-corrected chi connectivity index (χ3v) is 3.87. The zero-order valence-electron chi connectivity index (χ0n) is 12.8. The Bertz CT molecular complexity index is 183. The molecule has 0 atom stereocenters. The first-order valence-corrected chi connectivity index (χ1v) is 7.38. The van der Waals surface area contributed by atoms with Gasteiger partial charge in [-0.2, -0.15) is 0 Å². The average Bonchev–Trinajstić information content (AvgIpc) is 2.29. The van der Waals surface area contributed by atoms with E-state index in [1.807, 2.05) is 0 Å². The van der Waals surface area contributed by atoms with Gasteiger partial charge in [0.05, 0.1) is 5.60 Å². The standard InChI is InChI=1S/C15H33NO/c1-7-14(8-2)16(11-13(5)6)12-15(17,9-3)10-4/h13-14,17H,7-12H2,1-6H3.